The Morgan fingerprint density at radius 3 is 2.39 bits per heavy atom. The predicted octanol–water partition coefficient (Wildman–Crippen LogP) is 2.79. The Kier molecular flexibility index (Phi) is 4.70. The van der Waals surface area contributed by atoms with Crippen LogP contribution in [0.25, 0.3) is 0 Å². The van der Waals surface area contributed by atoms with E-state index in [1.54, 1.807) is 13.0 Å². The minimum atomic E-state index is -0.779. The summed E-state index contributed by atoms with van der Waals surface area (Å²) >= 11 is 2.17. The van der Waals surface area contributed by atoms with Crippen LogP contribution in [-0.4, -0.2) is 28.7 Å². The van der Waals surface area contributed by atoms with Gasteiger partial charge in [-0.3, -0.25) is 19.3 Å². The molecule has 6 heteroatoms. The number of benzene rings is 1. The number of hydrogen-bond donors (Lipinski definition) is 1. The molecular weight excluding hydrogens is 407 g/mol. The minimum Gasteiger partial charge on any atom is -0.324 e. The lowest BCUT2D eigenvalue weighted by Gasteiger charge is -2.22. The normalized spacial score (nSPS) is 25.2. The highest BCUT2D eigenvalue weighted by molar-refractivity contribution is 14.1. The lowest BCUT2D eigenvalue weighted by Crippen LogP contribution is -2.46. The van der Waals surface area contributed by atoms with Crippen molar-refractivity contribution in [2.75, 3.05) is 5.32 Å². The second kappa shape index (κ2) is 6.59. The molecule has 23 heavy (non-hydrogen) atoms. The molecule has 1 aromatic rings. The number of anilines is 1. The van der Waals surface area contributed by atoms with Crippen molar-refractivity contribution < 1.29 is 14.4 Å². The van der Waals surface area contributed by atoms with Crippen LogP contribution in [0.4, 0.5) is 5.69 Å². The summed E-state index contributed by atoms with van der Waals surface area (Å²) < 4.78 is 1.01. The lowest BCUT2D eigenvalue weighted by atomic mass is 9.81. The number of carbonyl (C=O) groups excluding carboxylic acids is 3. The van der Waals surface area contributed by atoms with E-state index in [0.29, 0.717) is 5.69 Å². The molecule has 1 saturated heterocycles. The van der Waals surface area contributed by atoms with Crippen molar-refractivity contribution in [3.8, 4) is 0 Å². The Hall–Kier alpha value is -1.44. The zero-order valence-electron chi connectivity index (χ0n) is 12.9. The SMILES string of the molecule is CC(C(=O)Nc1cccc(I)c1)N1C(=O)C2CCCCC2C1=O. The van der Waals surface area contributed by atoms with Gasteiger partial charge < -0.3 is 5.32 Å². The average Bonchev–Trinajstić information content (AvgIpc) is 2.79. The molecule has 1 aliphatic carbocycles. The zero-order valence-corrected chi connectivity index (χ0v) is 15.1. The molecule has 0 radical (unpaired) electrons. The molecule has 0 aromatic heterocycles. The molecule has 3 unspecified atom stereocenters. The van der Waals surface area contributed by atoms with Crippen molar-refractivity contribution in [1.29, 1.82) is 0 Å². The van der Waals surface area contributed by atoms with E-state index in [1.807, 2.05) is 18.2 Å². The molecule has 1 N–H and O–H groups in total. The van der Waals surface area contributed by atoms with E-state index in [2.05, 4.69) is 27.9 Å². The van der Waals surface area contributed by atoms with Crippen molar-refractivity contribution in [1.82, 2.24) is 4.90 Å². The number of carbonyl (C=O) groups is 3. The number of halogens is 1. The molecule has 3 rings (SSSR count). The quantitative estimate of drug-likeness (QED) is 0.597. The van der Waals surface area contributed by atoms with Crippen LogP contribution in [-0.2, 0) is 14.4 Å². The Bertz CT molecular complexity index is 637. The van der Waals surface area contributed by atoms with Crippen molar-refractivity contribution >= 4 is 46.0 Å². The van der Waals surface area contributed by atoms with Gasteiger partial charge in [0, 0.05) is 9.26 Å². The first-order chi connectivity index (χ1) is 11.0. The molecule has 2 aliphatic rings. The Morgan fingerprint density at radius 2 is 1.83 bits per heavy atom. The molecule has 1 saturated carbocycles. The first-order valence-electron chi connectivity index (χ1n) is 7.92. The maximum Gasteiger partial charge on any atom is 0.247 e. The van der Waals surface area contributed by atoms with E-state index in [1.165, 1.54) is 4.90 Å². The standard InChI is InChI=1S/C17H19IN2O3/c1-10(15(21)19-12-6-4-5-11(18)9-12)20-16(22)13-7-2-3-8-14(13)17(20)23/h4-6,9-10,13-14H,2-3,7-8H2,1H3,(H,19,21). The number of amides is 3. The van der Waals surface area contributed by atoms with Crippen LogP contribution in [0.1, 0.15) is 32.6 Å². The monoisotopic (exact) mass is 426 g/mol. The van der Waals surface area contributed by atoms with Crippen LogP contribution < -0.4 is 5.32 Å². The van der Waals surface area contributed by atoms with E-state index in [4.69, 9.17) is 0 Å². The van der Waals surface area contributed by atoms with E-state index in [-0.39, 0.29) is 29.6 Å². The van der Waals surface area contributed by atoms with E-state index in [0.717, 1.165) is 29.3 Å². The summed E-state index contributed by atoms with van der Waals surface area (Å²) in [4.78, 5) is 38.7. The number of fused-ring (bicyclic) bond motifs is 1. The molecule has 5 nitrogen and oxygen atoms in total. The molecule has 0 spiro atoms. The maximum atomic E-state index is 12.5. The largest absolute Gasteiger partial charge is 0.324 e. The smallest absolute Gasteiger partial charge is 0.247 e. The van der Waals surface area contributed by atoms with Gasteiger partial charge in [0.05, 0.1) is 11.8 Å². The van der Waals surface area contributed by atoms with Gasteiger partial charge in [0.25, 0.3) is 0 Å². The Morgan fingerprint density at radius 1 is 1.22 bits per heavy atom. The average molecular weight is 426 g/mol. The predicted molar refractivity (Wildman–Crippen MR) is 94.6 cm³/mol. The number of rotatable bonds is 3. The summed E-state index contributed by atoms with van der Waals surface area (Å²) in [5.74, 6) is -1.12. The molecule has 0 bridgehead atoms. The van der Waals surface area contributed by atoms with Gasteiger partial charge in [-0.05, 0) is 60.6 Å². The number of nitrogens with one attached hydrogen (secondary N) is 1. The van der Waals surface area contributed by atoms with Gasteiger partial charge in [-0.1, -0.05) is 18.9 Å². The fourth-order valence-electron chi connectivity index (χ4n) is 3.50. The molecule has 3 atom stereocenters. The topological polar surface area (TPSA) is 66.5 Å². The van der Waals surface area contributed by atoms with E-state index < -0.39 is 6.04 Å². The highest BCUT2D eigenvalue weighted by Gasteiger charge is 2.50. The fraction of sp³-hybridized carbons (Fsp3) is 0.471. The van der Waals surface area contributed by atoms with Gasteiger partial charge in [0.2, 0.25) is 17.7 Å². The summed E-state index contributed by atoms with van der Waals surface area (Å²) in [7, 11) is 0. The Labute approximate surface area is 148 Å². The van der Waals surface area contributed by atoms with Gasteiger partial charge in [-0.2, -0.15) is 0 Å². The summed E-state index contributed by atoms with van der Waals surface area (Å²) in [6.45, 7) is 1.62. The second-order valence-corrected chi connectivity index (χ2v) is 7.47. The highest BCUT2D eigenvalue weighted by atomic mass is 127. The van der Waals surface area contributed by atoms with Gasteiger partial charge >= 0.3 is 0 Å². The van der Waals surface area contributed by atoms with Crippen LogP contribution in [0.5, 0.6) is 0 Å². The van der Waals surface area contributed by atoms with Crippen LogP contribution in [0.2, 0.25) is 0 Å². The number of likely N-dealkylation sites (tertiary alicyclic amines) is 1. The van der Waals surface area contributed by atoms with Gasteiger partial charge in [-0.25, -0.2) is 0 Å². The minimum absolute atomic E-state index is 0.176. The maximum absolute atomic E-state index is 12.5. The summed E-state index contributed by atoms with van der Waals surface area (Å²) in [6.07, 6.45) is 3.49. The first kappa shape index (κ1) is 16.4. The number of nitrogens with zero attached hydrogens (tertiary/aromatic N) is 1. The van der Waals surface area contributed by atoms with Crippen molar-refractivity contribution in [2.45, 2.75) is 38.6 Å². The van der Waals surface area contributed by atoms with E-state index >= 15 is 0 Å². The summed E-state index contributed by atoms with van der Waals surface area (Å²) in [5.41, 5.74) is 0.672. The van der Waals surface area contributed by atoms with Gasteiger partial charge in [0.1, 0.15) is 6.04 Å². The Balaban J connectivity index is 1.74. The second-order valence-electron chi connectivity index (χ2n) is 6.22. The molecule has 2 fully saturated rings. The lowest BCUT2D eigenvalue weighted by molar-refractivity contribution is -0.146. The van der Waals surface area contributed by atoms with Crippen LogP contribution in [0, 0.1) is 15.4 Å². The fourth-order valence-corrected chi connectivity index (χ4v) is 4.04. The van der Waals surface area contributed by atoms with Crippen molar-refractivity contribution in [3.63, 3.8) is 0 Å². The molecular formula is C17H19IN2O3. The summed E-state index contributed by atoms with van der Waals surface area (Å²) in [6, 6.07) is 6.64. The molecule has 3 amide bonds. The van der Waals surface area contributed by atoms with Crippen LogP contribution in [0.15, 0.2) is 24.3 Å². The van der Waals surface area contributed by atoms with Crippen LogP contribution in [0.3, 0.4) is 0 Å². The summed E-state index contributed by atoms with van der Waals surface area (Å²) in [5, 5.41) is 2.79. The first-order valence-corrected chi connectivity index (χ1v) is 9.00. The van der Waals surface area contributed by atoms with Crippen LogP contribution >= 0.6 is 22.6 Å². The third kappa shape index (κ3) is 3.13. The van der Waals surface area contributed by atoms with Crippen molar-refractivity contribution in [3.05, 3.63) is 27.8 Å². The van der Waals surface area contributed by atoms with Gasteiger partial charge in [-0.15, -0.1) is 0 Å². The molecule has 1 aromatic carbocycles. The number of imide groups is 1. The third-order valence-corrected chi connectivity index (χ3v) is 5.41. The van der Waals surface area contributed by atoms with Crippen molar-refractivity contribution in [2.24, 2.45) is 11.8 Å². The molecule has 122 valence electrons. The zero-order chi connectivity index (χ0) is 16.6. The molecule has 1 heterocycles. The molecule has 1 aliphatic heterocycles. The number of hydrogen-bond acceptors (Lipinski definition) is 3. The van der Waals surface area contributed by atoms with Gasteiger partial charge in [0.15, 0.2) is 0 Å². The highest BCUT2D eigenvalue weighted by Crippen LogP contribution is 2.38. The third-order valence-electron chi connectivity index (χ3n) is 4.73. The van der Waals surface area contributed by atoms with E-state index in [9.17, 15) is 14.4 Å².